The molecule has 0 aliphatic rings. The number of carbonyl (C=O) groups excluding carboxylic acids is 1. The van der Waals surface area contributed by atoms with Crippen LogP contribution in [0.2, 0.25) is 0 Å². The molecule has 1 aromatic heterocycles. The standard InChI is InChI=1S/C12H6F3NO/c13-7-3-4-9(14)8(6-7)12(17)11-10(15)2-1-5-16-11/h1-6H. The molecule has 0 aliphatic carbocycles. The summed E-state index contributed by atoms with van der Waals surface area (Å²) in [6.07, 6.45) is 1.20. The molecule has 86 valence electrons. The van der Waals surface area contributed by atoms with Crippen LogP contribution in [0.25, 0.3) is 0 Å². The number of aromatic nitrogens is 1. The molecule has 0 unspecified atom stereocenters. The second-order valence-corrected chi connectivity index (χ2v) is 3.29. The molecular weight excluding hydrogens is 231 g/mol. The Balaban J connectivity index is 2.51. The number of hydrogen-bond acceptors (Lipinski definition) is 2. The summed E-state index contributed by atoms with van der Waals surface area (Å²) in [5.41, 5.74) is -1.07. The third-order valence-electron chi connectivity index (χ3n) is 2.15. The SMILES string of the molecule is O=C(c1cc(F)ccc1F)c1ncccc1F. The molecule has 1 aromatic carbocycles. The van der Waals surface area contributed by atoms with Gasteiger partial charge in [-0.05, 0) is 30.3 Å². The molecule has 0 bridgehead atoms. The van der Waals surface area contributed by atoms with Gasteiger partial charge in [-0.25, -0.2) is 18.2 Å². The zero-order valence-corrected chi connectivity index (χ0v) is 8.45. The van der Waals surface area contributed by atoms with Gasteiger partial charge in [-0.1, -0.05) is 0 Å². The number of carbonyl (C=O) groups is 1. The Kier molecular flexibility index (Phi) is 2.91. The lowest BCUT2D eigenvalue weighted by atomic mass is 10.1. The molecule has 0 saturated carbocycles. The van der Waals surface area contributed by atoms with Crippen molar-refractivity contribution in [1.82, 2.24) is 4.98 Å². The number of hydrogen-bond donors (Lipinski definition) is 0. The van der Waals surface area contributed by atoms with Crippen LogP contribution in [0.5, 0.6) is 0 Å². The van der Waals surface area contributed by atoms with Crippen LogP contribution in [0, 0.1) is 17.5 Å². The number of pyridine rings is 1. The lowest BCUT2D eigenvalue weighted by Gasteiger charge is -2.03. The molecule has 0 radical (unpaired) electrons. The van der Waals surface area contributed by atoms with Gasteiger partial charge in [0.05, 0.1) is 5.56 Å². The van der Waals surface area contributed by atoms with Gasteiger partial charge in [0.25, 0.3) is 0 Å². The molecule has 0 fully saturated rings. The Bertz CT molecular complexity index is 584. The molecule has 2 rings (SSSR count). The van der Waals surface area contributed by atoms with E-state index in [2.05, 4.69) is 4.98 Å². The van der Waals surface area contributed by atoms with Crippen molar-refractivity contribution in [2.24, 2.45) is 0 Å². The summed E-state index contributed by atoms with van der Waals surface area (Å²) in [6.45, 7) is 0. The molecule has 0 amide bonds. The third kappa shape index (κ3) is 2.18. The Morgan fingerprint density at radius 2 is 1.82 bits per heavy atom. The van der Waals surface area contributed by atoms with Gasteiger partial charge in [0.15, 0.2) is 5.82 Å². The minimum Gasteiger partial charge on any atom is -0.287 e. The van der Waals surface area contributed by atoms with Crippen molar-refractivity contribution >= 4 is 5.78 Å². The summed E-state index contributed by atoms with van der Waals surface area (Å²) in [5.74, 6) is -3.55. The summed E-state index contributed by atoms with van der Waals surface area (Å²) < 4.78 is 39.4. The predicted molar refractivity (Wildman–Crippen MR) is 54.0 cm³/mol. The molecule has 1 heterocycles. The number of ketones is 1. The zero-order chi connectivity index (χ0) is 12.4. The van der Waals surface area contributed by atoms with E-state index in [4.69, 9.17) is 0 Å². The van der Waals surface area contributed by atoms with E-state index >= 15 is 0 Å². The van der Waals surface area contributed by atoms with Crippen molar-refractivity contribution < 1.29 is 18.0 Å². The average molecular weight is 237 g/mol. The molecule has 2 nitrogen and oxygen atoms in total. The first kappa shape index (κ1) is 11.3. The minimum atomic E-state index is -0.986. The smallest absolute Gasteiger partial charge is 0.217 e. The lowest BCUT2D eigenvalue weighted by Crippen LogP contribution is -2.09. The second kappa shape index (κ2) is 4.37. The van der Waals surface area contributed by atoms with Gasteiger partial charge in [0, 0.05) is 6.20 Å². The van der Waals surface area contributed by atoms with E-state index in [0.717, 1.165) is 18.2 Å². The van der Waals surface area contributed by atoms with Crippen LogP contribution in [0.4, 0.5) is 13.2 Å². The largest absolute Gasteiger partial charge is 0.287 e. The van der Waals surface area contributed by atoms with Crippen LogP contribution in [-0.2, 0) is 0 Å². The Morgan fingerprint density at radius 1 is 1.06 bits per heavy atom. The van der Waals surface area contributed by atoms with Gasteiger partial charge in [-0.2, -0.15) is 0 Å². The van der Waals surface area contributed by atoms with Crippen molar-refractivity contribution in [3.05, 3.63) is 65.2 Å². The first-order chi connectivity index (χ1) is 8.09. The number of benzene rings is 1. The fraction of sp³-hybridized carbons (Fsp3) is 0. The van der Waals surface area contributed by atoms with E-state index in [1.165, 1.54) is 12.3 Å². The maximum atomic E-state index is 13.3. The summed E-state index contributed by atoms with van der Waals surface area (Å²) in [6, 6.07) is 4.72. The lowest BCUT2D eigenvalue weighted by molar-refractivity contribution is 0.102. The van der Waals surface area contributed by atoms with E-state index in [1.54, 1.807) is 0 Å². The Morgan fingerprint density at radius 3 is 2.53 bits per heavy atom. The first-order valence-electron chi connectivity index (χ1n) is 4.70. The molecule has 0 aliphatic heterocycles. The maximum Gasteiger partial charge on any atom is 0.217 e. The highest BCUT2D eigenvalue weighted by Crippen LogP contribution is 2.15. The average Bonchev–Trinajstić information content (AvgIpc) is 2.32. The van der Waals surface area contributed by atoms with Gasteiger partial charge in [-0.15, -0.1) is 0 Å². The summed E-state index contributed by atoms with van der Waals surface area (Å²) in [4.78, 5) is 15.2. The maximum absolute atomic E-state index is 13.3. The third-order valence-corrected chi connectivity index (χ3v) is 2.15. The summed E-state index contributed by atoms with van der Waals surface area (Å²) >= 11 is 0. The van der Waals surface area contributed by atoms with Crippen LogP contribution in [0.15, 0.2) is 36.5 Å². The van der Waals surface area contributed by atoms with Gasteiger partial charge in [0.1, 0.15) is 17.3 Å². The Labute approximate surface area is 94.7 Å². The second-order valence-electron chi connectivity index (χ2n) is 3.29. The van der Waals surface area contributed by atoms with Crippen LogP contribution < -0.4 is 0 Å². The Hall–Kier alpha value is -2.17. The van der Waals surface area contributed by atoms with E-state index in [1.807, 2.05) is 0 Å². The van der Waals surface area contributed by atoms with Crippen molar-refractivity contribution in [1.29, 1.82) is 0 Å². The topological polar surface area (TPSA) is 30.0 Å². The minimum absolute atomic E-state index is 0.531. The van der Waals surface area contributed by atoms with Gasteiger partial charge in [0.2, 0.25) is 5.78 Å². The normalized spacial score (nSPS) is 10.3. The summed E-state index contributed by atoms with van der Waals surface area (Å²) in [5, 5.41) is 0. The van der Waals surface area contributed by atoms with Crippen LogP contribution in [0.3, 0.4) is 0 Å². The fourth-order valence-corrected chi connectivity index (χ4v) is 1.35. The molecule has 0 atom stereocenters. The van der Waals surface area contributed by atoms with Crippen molar-refractivity contribution in [2.45, 2.75) is 0 Å². The number of halogens is 3. The summed E-state index contributed by atoms with van der Waals surface area (Å²) in [7, 11) is 0. The number of rotatable bonds is 2. The van der Waals surface area contributed by atoms with Crippen LogP contribution in [0.1, 0.15) is 16.1 Å². The van der Waals surface area contributed by atoms with Crippen LogP contribution >= 0.6 is 0 Å². The highest BCUT2D eigenvalue weighted by Gasteiger charge is 2.19. The van der Waals surface area contributed by atoms with E-state index in [9.17, 15) is 18.0 Å². The van der Waals surface area contributed by atoms with Gasteiger partial charge >= 0.3 is 0 Å². The van der Waals surface area contributed by atoms with Gasteiger partial charge in [-0.3, -0.25) is 4.79 Å². The molecule has 17 heavy (non-hydrogen) atoms. The first-order valence-corrected chi connectivity index (χ1v) is 4.70. The van der Waals surface area contributed by atoms with Crippen molar-refractivity contribution in [3.8, 4) is 0 Å². The van der Waals surface area contributed by atoms with Crippen LogP contribution in [-0.4, -0.2) is 10.8 Å². The molecular formula is C12H6F3NO. The van der Waals surface area contributed by atoms with Gasteiger partial charge < -0.3 is 0 Å². The van der Waals surface area contributed by atoms with Crippen molar-refractivity contribution in [3.63, 3.8) is 0 Å². The van der Waals surface area contributed by atoms with E-state index < -0.39 is 34.5 Å². The molecule has 0 saturated heterocycles. The predicted octanol–water partition coefficient (Wildman–Crippen LogP) is 2.73. The number of nitrogens with zero attached hydrogens (tertiary/aromatic N) is 1. The zero-order valence-electron chi connectivity index (χ0n) is 8.45. The van der Waals surface area contributed by atoms with Crippen molar-refractivity contribution in [2.75, 3.05) is 0 Å². The van der Waals surface area contributed by atoms with E-state index in [-0.39, 0.29) is 0 Å². The molecule has 2 aromatic rings. The fourth-order valence-electron chi connectivity index (χ4n) is 1.35. The molecule has 0 spiro atoms. The molecule has 0 N–H and O–H groups in total. The van der Waals surface area contributed by atoms with E-state index in [0.29, 0.717) is 6.07 Å². The molecule has 5 heteroatoms. The highest BCUT2D eigenvalue weighted by molar-refractivity contribution is 6.08. The monoisotopic (exact) mass is 237 g/mol. The highest BCUT2D eigenvalue weighted by atomic mass is 19.1. The quantitative estimate of drug-likeness (QED) is 0.751.